The van der Waals surface area contributed by atoms with Crippen molar-refractivity contribution in [1.29, 1.82) is 0 Å². The van der Waals surface area contributed by atoms with Gasteiger partial charge in [0.2, 0.25) is 0 Å². The topological polar surface area (TPSA) is 83.6 Å². The van der Waals surface area contributed by atoms with Gasteiger partial charge in [-0.2, -0.15) is 0 Å². The lowest BCUT2D eigenvalue weighted by Crippen LogP contribution is -2.41. The van der Waals surface area contributed by atoms with E-state index in [4.69, 9.17) is 4.74 Å². The molecule has 1 aromatic heterocycles. The molecule has 0 saturated carbocycles. The molecule has 0 radical (unpaired) electrons. The van der Waals surface area contributed by atoms with Gasteiger partial charge in [0, 0.05) is 49.6 Å². The number of anilines is 2. The van der Waals surface area contributed by atoms with Gasteiger partial charge in [-0.1, -0.05) is 6.07 Å². The van der Waals surface area contributed by atoms with Gasteiger partial charge in [0.25, 0.3) is 5.91 Å². The maximum atomic E-state index is 12.9. The number of rotatable bonds is 3. The minimum atomic E-state index is -0.229. The first-order valence-corrected chi connectivity index (χ1v) is 9.71. The largest absolute Gasteiger partial charge is 0.381 e. The fraction of sp³-hybridized carbons (Fsp3) is 0.381. The number of aromatic nitrogens is 1. The molecule has 28 heavy (non-hydrogen) atoms. The number of hydrogen-bond donors (Lipinski definition) is 2. The number of urea groups is 1. The zero-order valence-electron chi connectivity index (χ0n) is 15.7. The first-order valence-electron chi connectivity index (χ1n) is 9.71. The van der Waals surface area contributed by atoms with E-state index < -0.39 is 0 Å². The molecule has 4 rings (SSSR count). The van der Waals surface area contributed by atoms with Gasteiger partial charge in [0.1, 0.15) is 0 Å². The van der Waals surface area contributed by atoms with Crippen molar-refractivity contribution in [3.8, 4) is 0 Å². The number of pyridine rings is 1. The van der Waals surface area contributed by atoms with Crippen molar-refractivity contribution in [2.45, 2.75) is 31.7 Å². The Labute approximate surface area is 164 Å². The van der Waals surface area contributed by atoms with E-state index in [9.17, 15) is 9.59 Å². The summed E-state index contributed by atoms with van der Waals surface area (Å²) in [5.74, 6) is -0.0714. The molecule has 0 unspecified atom stereocenters. The lowest BCUT2D eigenvalue weighted by Gasteiger charge is -2.30. The highest BCUT2D eigenvalue weighted by Gasteiger charge is 2.24. The molecule has 146 valence electrons. The number of amides is 3. The lowest BCUT2D eigenvalue weighted by atomic mass is 10.00. The number of carbonyl (C=O) groups is 2. The molecule has 1 aromatic carbocycles. The standard InChI is InChI=1S/C21H24N4O3/c26-20(16-3-1-9-22-14-16)25-10-2-4-15-5-6-18(13-19(15)25)24-21(27)23-17-7-11-28-12-8-17/h1,3,5-6,9,13-14,17H,2,4,7-8,10-12H2,(H2,23,24,27). The third kappa shape index (κ3) is 4.14. The van der Waals surface area contributed by atoms with Crippen molar-refractivity contribution in [2.75, 3.05) is 30.0 Å². The third-order valence-electron chi connectivity index (χ3n) is 5.17. The highest BCUT2D eigenvalue weighted by molar-refractivity contribution is 6.07. The first-order chi connectivity index (χ1) is 13.7. The molecular weight excluding hydrogens is 356 g/mol. The smallest absolute Gasteiger partial charge is 0.319 e. The Morgan fingerprint density at radius 3 is 2.82 bits per heavy atom. The van der Waals surface area contributed by atoms with E-state index in [-0.39, 0.29) is 18.0 Å². The van der Waals surface area contributed by atoms with Crippen molar-refractivity contribution in [2.24, 2.45) is 0 Å². The number of fused-ring (bicyclic) bond motifs is 1. The summed E-state index contributed by atoms with van der Waals surface area (Å²) in [6.07, 6.45) is 6.72. The number of hydrogen-bond acceptors (Lipinski definition) is 4. The van der Waals surface area contributed by atoms with Crippen LogP contribution in [-0.4, -0.2) is 42.7 Å². The Morgan fingerprint density at radius 2 is 2.04 bits per heavy atom. The zero-order valence-corrected chi connectivity index (χ0v) is 15.7. The summed E-state index contributed by atoms with van der Waals surface area (Å²) in [6.45, 7) is 2.00. The highest BCUT2D eigenvalue weighted by Crippen LogP contribution is 2.31. The minimum Gasteiger partial charge on any atom is -0.381 e. The van der Waals surface area contributed by atoms with Gasteiger partial charge < -0.3 is 20.3 Å². The van der Waals surface area contributed by atoms with Gasteiger partial charge in [-0.25, -0.2) is 4.79 Å². The second kappa shape index (κ2) is 8.39. The van der Waals surface area contributed by atoms with E-state index in [0.29, 0.717) is 31.0 Å². The molecule has 2 N–H and O–H groups in total. The van der Waals surface area contributed by atoms with Crippen molar-refractivity contribution in [1.82, 2.24) is 10.3 Å². The predicted molar refractivity (Wildman–Crippen MR) is 107 cm³/mol. The summed E-state index contributed by atoms with van der Waals surface area (Å²) in [6, 6.07) is 9.20. The minimum absolute atomic E-state index is 0.0714. The second-order valence-corrected chi connectivity index (χ2v) is 7.13. The molecule has 0 bridgehead atoms. The van der Waals surface area contributed by atoms with Crippen LogP contribution in [0.5, 0.6) is 0 Å². The fourth-order valence-corrected chi connectivity index (χ4v) is 3.70. The molecule has 0 atom stereocenters. The van der Waals surface area contributed by atoms with Gasteiger partial charge in [0.05, 0.1) is 5.56 Å². The summed E-state index contributed by atoms with van der Waals surface area (Å²) >= 11 is 0. The molecule has 3 amide bonds. The SMILES string of the molecule is O=C(Nc1ccc2c(c1)N(C(=O)c1cccnc1)CCC2)NC1CCOCC1. The Balaban J connectivity index is 1.49. The molecule has 7 nitrogen and oxygen atoms in total. The van der Waals surface area contributed by atoms with Crippen LogP contribution in [0, 0.1) is 0 Å². The maximum Gasteiger partial charge on any atom is 0.319 e. The first kappa shape index (κ1) is 18.4. The number of carbonyl (C=O) groups excluding carboxylic acids is 2. The lowest BCUT2D eigenvalue weighted by molar-refractivity contribution is 0.0806. The van der Waals surface area contributed by atoms with E-state index in [2.05, 4.69) is 15.6 Å². The van der Waals surface area contributed by atoms with E-state index in [0.717, 1.165) is 36.9 Å². The van der Waals surface area contributed by atoms with Gasteiger partial charge in [-0.3, -0.25) is 9.78 Å². The average Bonchev–Trinajstić information content (AvgIpc) is 2.74. The van der Waals surface area contributed by atoms with Crippen molar-refractivity contribution in [3.05, 3.63) is 53.9 Å². The van der Waals surface area contributed by atoms with Gasteiger partial charge in [-0.05, 0) is 55.5 Å². The number of benzene rings is 1. The Hall–Kier alpha value is -2.93. The molecule has 2 aliphatic heterocycles. The quantitative estimate of drug-likeness (QED) is 0.858. The molecule has 1 saturated heterocycles. The van der Waals surface area contributed by atoms with Crippen LogP contribution >= 0.6 is 0 Å². The Bertz CT molecular complexity index is 850. The van der Waals surface area contributed by atoms with Crippen LogP contribution in [-0.2, 0) is 11.2 Å². The molecule has 1 fully saturated rings. The average molecular weight is 380 g/mol. The summed E-state index contributed by atoms with van der Waals surface area (Å²) < 4.78 is 5.32. The molecule has 2 aliphatic rings. The predicted octanol–water partition coefficient (Wildman–Crippen LogP) is 2.98. The van der Waals surface area contributed by atoms with Crippen LogP contribution < -0.4 is 15.5 Å². The molecule has 2 aromatic rings. The third-order valence-corrected chi connectivity index (χ3v) is 5.17. The number of nitrogens with one attached hydrogen (secondary N) is 2. The molecule has 7 heteroatoms. The molecule has 0 aliphatic carbocycles. The zero-order chi connectivity index (χ0) is 19.3. The maximum absolute atomic E-state index is 12.9. The normalized spacial score (nSPS) is 16.9. The van der Waals surface area contributed by atoms with Gasteiger partial charge in [-0.15, -0.1) is 0 Å². The monoisotopic (exact) mass is 380 g/mol. The van der Waals surface area contributed by atoms with Crippen LogP contribution in [0.2, 0.25) is 0 Å². The molecule has 0 spiro atoms. The fourth-order valence-electron chi connectivity index (χ4n) is 3.70. The summed E-state index contributed by atoms with van der Waals surface area (Å²) in [7, 11) is 0. The summed E-state index contributed by atoms with van der Waals surface area (Å²) in [5.41, 5.74) is 3.20. The summed E-state index contributed by atoms with van der Waals surface area (Å²) in [5, 5.41) is 5.89. The molecule has 3 heterocycles. The number of ether oxygens (including phenoxy) is 1. The van der Waals surface area contributed by atoms with Crippen molar-refractivity contribution >= 4 is 23.3 Å². The van der Waals surface area contributed by atoms with Crippen LogP contribution in [0.15, 0.2) is 42.7 Å². The number of nitrogens with zero attached hydrogens (tertiary/aromatic N) is 2. The van der Waals surface area contributed by atoms with Gasteiger partial charge >= 0.3 is 6.03 Å². The second-order valence-electron chi connectivity index (χ2n) is 7.13. The van der Waals surface area contributed by atoms with E-state index in [1.807, 2.05) is 18.2 Å². The van der Waals surface area contributed by atoms with Crippen LogP contribution in [0.4, 0.5) is 16.2 Å². The van der Waals surface area contributed by atoms with E-state index in [1.54, 1.807) is 29.4 Å². The highest BCUT2D eigenvalue weighted by atomic mass is 16.5. The van der Waals surface area contributed by atoms with Crippen LogP contribution in [0.25, 0.3) is 0 Å². The summed E-state index contributed by atoms with van der Waals surface area (Å²) in [4.78, 5) is 31.1. The van der Waals surface area contributed by atoms with Crippen LogP contribution in [0.3, 0.4) is 0 Å². The van der Waals surface area contributed by atoms with E-state index >= 15 is 0 Å². The number of aryl methyl sites for hydroxylation is 1. The van der Waals surface area contributed by atoms with E-state index in [1.165, 1.54) is 0 Å². The Morgan fingerprint density at radius 1 is 1.18 bits per heavy atom. The molecular formula is C21H24N4O3. The van der Waals surface area contributed by atoms with Crippen LogP contribution in [0.1, 0.15) is 35.2 Å². The van der Waals surface area contributed by atoms with Crippen molar-refractivity contribution < 1.29 is 14.3 Å². The van der Waals surface area contributed by atoms with Gasteiger partial charge in [0.15, 0.2) is 0 Å². The Kier molecular flexibility index (Phi) is 5.53. The van der Waals surface area contributed by atoms with Crippen molar-refractivity contribution in [3.63, 3.8) is 0 Å².